The average molecular weight is 411 g/mol. The van der Waals surface area contributed by atoms with Crippen molar-refractivity contribution in [2.75, 3.05) is 7.11 Å². The Morgan fingerprint density at radius 1 is 1.20 bits per heavy atom. The summed E-state index contributed by atoms with van der Waals surface area (Å²) in [5.41, 5.74) is -1.88. The number of benzene rings is 1. The molecule has 3 aliphatic carbocycles. The highest BCUT2D eigenvalue weighted by Gasteiger charge is 2.68. The third-order valence-electron chi connectivity index (χ3n) is 6.36. The molecule has 0 heterocycles. The molecule has 1 aromatic carbocycles. The van der Waals surface area contributed by atoms with Crippen molar-refractivity contribution in [2.45, 2.75) is 24.9 Å². The highest BCUT2D eigenvalue weighted by molar-refractivity contribution is 6.27. The molecule has 1 aromatic rings. The lowest BCUT2D eigenvalue weighted by molar-refractivity contribution is -0.176. The molecule has 0 spiro atoms. The molecule has 0 aliphatic heterocycles. The summed E-state index contributed by atoms with van der Waals surface area (Å²) in [6.07, 6.45) is -1.26. The van der Waals surface area contributed by atoms with Crippen LogP contribution in [0.3, 0.4) is 0 Å². The predicted molar refractivity (Wildman–Crippen MR) is 96.2 cm³/mol. The molecule has 30 heavy (non-hydrogen) atoms. The zero-order chi connectivity index (χ0) is 21.8. The Bertz CT molecular complexity index is 1050. The van der Waals surface area contributed by atoms with Gasteiger partial charge in [0.05, 0.1) is 24.7 Å². The molecule has 5 atom stereocenters. The zero-order valence-electron chi connectivity index (χ0n) is 15.9. The fourth-order valence-electron chi connectivity index (χ4n) is 5.09. The number of carbonyl (C=O) groups excluding carboxylic acids is 5. The lowest BCUT2D eigenvalue weighted by atomic mass is 9.54. The molecule has 9 heteroatoms. The first-order chi connectivity index (χ1) is 14.3. The first kappa shape index (κ1) is 19.8. The summed E-state index contributed by atoms with van der Waals surface area (Å²) in [5, 5.41) is 19.4. The molecule has 0 radical (unpaired) electrons. The second-order valence-electron chi connectivity index (χ2n) is 7.80. The van der Waals surface area contributed by atoms with Crippen molar-refractivity contribution in [2.24, 2.45) is 23.7 Å². The van der Waals surface area contributed by atoms with Gasteiger partial charge in [-0.05, 0) is 30.4 Å². The Kier molecular flexibility index (Phi) is 4.45. The van der Waals surface area contributed by atoms with Crippen molar-refractivity contribution in [3.63, 3.8) is 0 Å². The van der Waals surface area contributed by atoms with Gasteiger partial charge >= 0.3 is 6.16 Å². The molecule has 2 saturated carbocycles. The molecule has 0 amide bonds. The Balaban J connectivity index is 1.86. The van der Waals surface area contributed by atoms with Crippen molar-refractivity contribution in [1.29, 1.82) is 5.26 Å². The van der Waals surface area contributed by atoms with Crippen LogP contribution >= 0.6 is 0 Å². The van der Waals surface area contributed by atoms with E-state index in [0.717, 1.165) is 7.11 Å². The summed E-state index contributed by atoms with van der Waals surface area (Å²) < 4.78 is 9.64. The van der Waals surface area contributed by atoms with E-state index in [1.807, 2.05) is 0 Å². The molecule has 154 valence electrons. The normalized spacial score (nSPS) is 32.4. The van der Waals surface area contributed by atoms with Gasteiger partial charge in [-0.25, -0.2) is 4.79 Å². The van der Waals surface area contributed by atoms with Crippen molar-refractivity contribution < 1.29 is 38.6 Å². The maximum Gasteiger partial charge on any atom is 0.509 e. The van der Waals surface area contributed by atoms with Gasteiger partial charge in [0, 0.05) is 12.3 Å². The molecule has 2 fully saturated rings. The second-order valence-corrected chi connectivity index (χ2v) is 7.80. The van der Waals surface area contributed by atoms with Crippen molar-refractivity contribution in [3.05, 3.63) is 29.3 Å². The number of phenolic OH excluding ortho intramolecular Hbond substituents is 1. The fourth-order valence-corrected chi connectivity index (χ4v) is 5.09. The van der Waals surface area contributed by atoms with Crippen molar-refractivity contribution >= 4 is 29.3 Å². The highest BCUT2D eigenvalue weighted by Crippen LogP contribution is 2.51. The first-order valence-corrected chi connectivity index (χ1v) is 9.39. The number of nitrogens with zero attached hydrogens (tertiary/aromatic N) is 1. The molecule has 0 aromatic heterocycles. The van der Waals surface area contributed by atoms with Gasteiger partial charge in [0.2, 0.25) is 11.4 Å². The topological polar surface area (TPSA) is 148 Å². The van der Waals surface area contributed by atoms with E-state index in [1.54, 1.807) is 18.2 Å². The van der Waals surface area contributed by atoms with E-state index < -0.39 is 58.6 Å². The maximum atomic E-state index is 13.6. The van der Waals surface area contributed by atoms with Gasteiger partial charge in [-0.2, -0.15) is 5.26 Å². The number of phenols is 1. The largest absolute Gasteiger partial charge is 0.509 e. The van der Waals surface area contributed by atoms with Gasteiger partial charge in [-0.1, -0.05) is 12.1 Å². The van der Waals surface area contributed by atoms with Gasteiger partial charge < -0.3 is 14.6 Å². The van der Waals surface area contributed by atoms with Crippen LogP contribution in [0.2, 0.25) is 0 Å². The number of hydrogen-bond acceptors (Lipinski definition) is 9. The molecule has 2 unspecified atom stereocenters. The molecule has 0 saturated heterocycles. The quantitative estimate of drug-likeness (QED) is 0.531. The Hall–Kier alpha value is -3.54. The molecular weight excluding hydrogens is 394 g/mol. The molecule has 0 bridgehead atoms. The number of Topliss-reactive ketones (excluding diaryl/α,β-unsaturated/α-hetero) is 4. The Labute approximate surface area is 170 Å². The minimum Gasteiger partial charge on any atom is -0.507 e. The third-order valence-corrected chi connectivity index (χ3v) is 6.36. The zero-order valence-corrected chi connectivity index (χ0v) is 15.9. The fraction of sp³-hybridized carbons (Fsp3) is 0.429. The van der Waals surface area contributed by atoms with Crippen LogP contribution in [-0.4, -0.2) is 47.1 Å². The van der Waals surface area contributed by atoms with Crippen LogP contribution in [0.25, 0.3) is 0 Å². The molecule has 3 aliphatic rings. The summed E-state index contributed by atoms with van der Waals surface area (Å²) in [6, 6.07) is 6.15. The number of nitriles is 1. The van der Waals surface area contributed by atoms with E-state index in [4.69, 9.17) is 4.74 Å². The third kappa shape index (κ3) is 2.49. The molecule has 9 nitrogen and oxygen atoms in total. The number of hydrogen-bond donors (Lipinski definition) is 1. The van der Waals surface area contributed by atoms with E-state index in [1.165, 1.54) is 6.07 Å². The second kappa shape index (κ2) is 6.76. The Morgan fingerprint density at radius 3 is 2.60 bits per heavy atom. The van der Waals surface area contributed by atoms with Crippen molar-refractivity contribution in [1.82, 2.24) is 0 Å². The van der Waals surface area contributed by atoms with Gasteiger partial charge in [0.25, 0.3) is 0 Å². The van der Waals surface area contributed by atoms with Gasteiger partial charge in [-0.3, -0.25) is 19.2 Å². The van der Waals surface area contributed by atoms with E-state index in [9.17, 15) is 34.3 Å². The van der Waals surface area contributed by atoms with Gasteiger partial charge in [-0.15, -0.1) is 0 Å². The predicted octanol–water partition coefficient (Wildman–Crippen LogP) is 1.16. The van der Waals surface area contributed by atoms with Crippen LogP contribution in [0.15, 0.2) is 18.2 Å². The number of aromatic hydroxyl groups is 1. The van der Waals surface area contributed by atoms with Crippen LogP contribution < -0.4 is 0 Å². The van der Waals surface area contributed by atoms with E-state index >= 15 is 0 Å². The molecule has 4 rings (SSSR count). The number of carbonyl (C=O) groups is 5. The SMILES string of the molecule is COC(=O)O[C@@]12C(=O)C(C#N)C(=O)C[C@@H]1C[C@@H]1Cc3cccc(O)c3C(=O)C1C2=O. The standard InChI is InChI=1S/C21H17NO8/c1-29-20(28)30-21-11(7-14(24)12(8-22)18(21)26)6-10-5-9-3-2-4-13(23)15(9)17(25)16(10)19(21)27/h2-4,10-12,16,23H,5-7H2,1H3/t10-,11-,12?,16?,21+/m0/s1. The van der Waals surface area contributed by atoms with Crippen LogP contribution in [-0.2, 0) is 30.3 Å². The summed E-state index contributed by atoms with van der Waals surface area (Å²) in [6.45, 7) is 0. The van der Waals surface area contributed by atoms with Crippen LogP contribution in [0, 0.1) is 35.0 Å². The summed E-state index contributed by atoms with van der Waals surface area (Å²) in [4.78, 5) is 64.2. The monoisotopic (exact) mass is 411 g/mol. The molecule has 1 N–H and O–H groups in total. The summed E-state index contributed by atoms with van der Waals surface area (Å²) >= 11 is 0. The van der Waals surface area contributed by atoms with Gasteiger partial charge in [0.1, 0.15) is 5.75 Å². The highest BCUT2D eigenvalue weighted by atomic mass is 16.7. The lowest BCUT2D eigenvalue weighted by Gasteiger charge is -2.49. The average Bonchev–Trinajstić information content (AvgIpc) is 2.70. The minimum atomic E-state index is -2.44. The first-order valence-electron chi connectivity index (χ1n) is 9.39. The smallest absolute Gasteiger partial charge is 0.507 e. The summed E-state index contributed by atoms with van der Waals surface area (Å²) in [7, 11) is 0.990. The number of fused-ring (bicyclic) bond motifs is 3. The summed E-state index contributed by atoms with van der Waals surface area (Å²) in [5.74, 6) is -8.36. The van der Waals surface area contributed by atoms with Gasteiger partial charge in [0.15, 0.2) is 23.3 Å². The van der Waals surface area contributed by atoms with Crippen LogP contribution in [0.1, 0.15) is 28.8 Å². The number of ether oxygens (including phenoxy) is 2. The van der Waals surface area contributed by atoms with E-state index in [0.29, 0.717) is 5.56 Å². The maximum absolute atomic E-state index is 13.6. The minimum absolute atomic E-state index is 0.00469. The number of rotatable bonds is 1. The number of ketones is 4. The van der Waals surface area contributed by atoms with Crippen LogP contribution in [0.5, 0.6) is 5.75 Å². The lowest BCUT2D eigenvalue weighted by Crippen LogP contribution is -2.68. The van der Waals surface area contributed by atoms with Crippen LogP contribution in [0.4, 0.5) is 4.79 Å². The Morgan fingerprint density at radius 2 is 1.93 bits per heavy atom. The van der Waals surface area contributed by atoms with E-state index in [-0.39, 0.29) is 30.6 Å². The number of methoxy groups -OCH3 is 1. The van der Waals surface area contributed by atoms with Crippen molar-refractivity contribution in [3.8, 4) is 11.8 Å². The van der Waals surface area contributed by atoms with E-state index in [2.05, 4.69) is 4.74 Å². The molecular formula is C21H17NO8.